The molecule has 1 aromatic heterocycles. The molecule has 0 aliphatic heterocycles. The van der Waals surface area contributed by atoms with Gasteiger partial charge in [0, 0.05) is 11.1 Å². The second-order valence-electron chi connectivity index (χ2n) is 5.99. The van der Waals surface area contributed by atoms with Gasteiger partial charge in [-0.25, -0.2) is 4.79 Å². The molecule has 0 radical (unpaired) electrons. The minimum absolute atomic E-state index is 0.105. The molecule has 1 heterocycles. The van der Waals surface area contributed by atoms with E-state index in [1.807, 2.05) is 20.8 Å². The lowest BCUT2D eigenvalue weighted by Gasteiger charge is -2.17. The van der Waals surface area contributed by atoms with Gasteiger partial charge in [0.15, 0.2) is 0 Å². The molecule has 0 unspecified atom stereocenters. The second-order valence-corrected chi connectivity index (χ2v) is 5.99. The van der Waals surface area contributed by atoms with Gasteiger partial charge < -0.3 is 15.9 Å². The summed E-state index contributed by atoms with van der Waals surface area (Å²) in [7, 11) is 1.31. The van der Waals surface area contributed by atoms with E-state index in [4.69, 9.17) is 5.84 Å². The number of carbonyl (C=O) groups is 1. The average molecular weight is 317 g/mol. The normalized spacial score (nSPS) is 11.1. The van der Waals surface area contributed by atoms with E-state index in [-0.39, 0.29) is 11.6 Å². The summed E-state index contributed by atoms with van der Waals surface area (Å²) in [4.78, 5) is 23.6. The van der Waals surface area contributed by atoms with Crippen molar-refractivity contribution in [3.05, 3.63) is 45.9 Å². The van der Waals surface area contributed by atoms with E-state index in [0.29, 0.717) is 11.3 Å². The first kappa shape index (κ1) is 16.5. The molecule has 8 nitrogen and oxygen atoms in total. The van der Waals surface area contributed by atoms with Gasteiger partial charge in [-0.2, -0.15) is 4.68 Å². The number of rotatable bonds is 3. The van der Waals surface area contributed by atoms with Crippen LogP contribution in [0.1, 0.15) is 36.8 Å². The molecule has 0 amide bonds. The lowest BCUT2D eigenvalue weighted by molar-refractivity contribution is 0.0601. The third-order valence-electron chi connectivity index (χ3n) is 3.17. The van der Waals surface area contributed by atoms with Crippen LogP contribution < -0.4 is 16.7 Å². The highest BCUT2D eigenvalue weighted by Crippen LogP contribution is 2.17. The summed E-state index contributed by atoms with van der Waals surface area (Å²) in [5.41, 5.74) is 0.436. The van der Waals surface area contributed by atoms with Gasteiger partial charge >= 0.3 is 5.97 Å². The molecule has 2 aromatic rings. The van der Waals surface area contributed by atoms with Gasteiger partial charge in [0.05, 0.1) is 12.7 Å². The Kier molecular flexibility index (Phi) is 4.35. The summed E-state index contributed by atoms with van der Waals surface area (Å²) in [6, 6.07) is 6.47. The number of nitrogens with two attached hydrogens (primary N) is 1. The van der Waals surface area contributed by atoms with Crippen LogP contribution in [0.3, 0.4) is 0 Å². The van der Waals surface area contributed by atoms with E-state index < -0.39 is 16.9 Å². The first-order chi connectivity index (χ1) is 10.7. The molecule has 0 aliphatic carbocycles. The number of hydrogen-bond donors (Lipinski definition) is 2. The van der Waals surface area contributed by atoms with Gasteiger partial charge in [0.25, 0.3) is 5.56 Å². The van der Waals surface area contributed by atoms with Crippen molar-refractivity contribution in [2.45, 2.75) is 26.2 Å². The molecule has 0 spiro atoms. The zero-order chi connectivity index (χ0) is 17.2. The molecule has 0 bridgehead atoms. The summed E-state index contributed by atoms with van der Waals surface area (Å²) in [5.74, 6) is 5.47. The van der Waals surface area contributed by atoms with E-state index in [1.165, 1.54) is 7.11 Å². The van der Waals surface area contributed by atoms with Crippen LogP contribution in [0.4, 0.5) is 11.6 Å². The summed E-state index contributed by atoms with van der Waals surface area (Å²) < 4.78 is 5.55. The van der Waals surface area contributed by atoms with Gasteiger partial charge in [0.1, 0.15) is 5.69 Å². The molecule has 0 atom stereocenters. The smallest absolute Gasteiger partial charge is 0.337 e. The summed E-state index contributed by atoms with van der Waals surface area (Å²) in [6.07, 6.45) is 0. The number of esters is 1. The third-order valence-corrected chi connectivity index (χ3v) is 3.17. The van der Waals surface area contributed by atoms with Crippen molar-refractivity contribution in [1.29, 1.82) is 0 Å². The Labute approximate surface area is 133 Å². The minimum Gasteiger partial charge on any atom is -0.465 e. The van der Waals surface area contributed by atoms with Crippen molar-refractivity contribution >= 4 is 17.6 Å². The van der Waals surface area contributed by atoms with Crippen LogP contribution in [0.2, 0.25) is 0 Å². The van der Waals surface area contributed by atoms with E-state index in [9.17, 15) is 9.59 Å². The van der Waals surface area contributed by atoms with Crippen LogP contribution in [-0.2, 0) is 10.2 Å². The van der Waals surface area contributed by atoms with Crippen LogP contribution in [-0.4, -0.2) is 28.0 Å². The van der Waals surface area contributed by atoms with Crippen LogP contribution >= 0.6 is 0 Å². The minimum atomic E-state index is -0.452. The molecule has 0 fully saturated rings. The van der Waals surface area contributed by atoms with Crippen molar-refractivity contribution in [3.8, 4) is 0 Å². The van der Waals surface area contributed by atoms with Crippen molar-refractivity contribution in [2.75, 3.05) is 18.3 Å². The van der Waals surface area contributed by atoms with Crippen LogP contribution in [0.15, 0.2) is 29.1 Å². The maximum Gasteiger partial charge on any atom is 0.337 e. The molecule has 2 rings (SSSR count). The van der Waals surface area contributed by atoms with E-state index in [2.05, 4.69) is 20.3 Å². The highest BCUT2D eigenvalue weighted by Gasteiger charge is 2.22. The number of carbonyl (C=O) groups excluding carboxylic acids is 1. The third kappa shape index (κ3) is 3.47. The predicted octanol–water partition coefficient (Wildman–Crippen LogP) is 1.18. The fourth-order valence-electron chi connectivity index (χ4n) is 1.89. The number of benzene rings is 1. The quantitative estimate of drug-likeness (QED) is 0.645. The van der Waals surface area contributed by atoms with Crippen molar-refractivity contribution in [3.63, 3.8) is 0 Å². The Hall–Kier alpha value is -2.90. The summed E-state index contributed by atoms with van der Waals surface area (Å²) >= 11 is 0. The number of ether oxygens (including phenoxy) is 1. The Morgan fingerprint density at radius 3 is 2.35 bits per heavy atom. The fourth-order valence-corrected chi connectivity index (χ4v) is 1.89. The molecule has 8 heteroatoms. The molecule has 0 saturated heterocycles. The lowest BCUT2D eigenvalue weighted by Crippen LogP contribution is -2.38. The van der Waals surface area contributed by atoms with Crippen molar-refractivity contribution < 1.29 is 9.53 Å². The number of aromatic nitrogens is 3. The van der Waals surface area contributed by atoms with E-state index in [1.54, 1.807) is 24.3 Å². The standard InChI is InChI=1S/C15H19N5O3/c1-15(2,3)11-12(21)20(16)14(19-18-11)17-10-7-5-9(6-8-10)13(22)23-4/h5-8H,16H2,1-4H3,(H,17,19). The summed E-state index contributed by atoms with van der Waals surface area (Å²) in [5, 5.41) is 10.8. The zero-order valence-electron chi connectivity index (χ0n) is 13.5. The largest absolute Gasteiger partial charge is 0.465 e. The number of nitrogens with one attached hydrogen (secondary N) is 1. The highest BCUT2D eigenvalue weighted by molar-refractivity contribution is 5.89. The SMILES string of the molecule is COC(=O)c1ccc(Nc2nnc(C(C)(C)C)c(=O)n2N)cc1. The maximum atomic E-state index is 12.2. The lowest BCUT2D eigenvalue weighted by atomic mass is 9.93. The van der Waals surface area contributed by atoms with Crippen LogP contribution in [0.5, 0.6) is 0 Å². The molecular weight excluding hydrogens is 298 g/mol. The predicted molar refractivity (Wildman–Crippen MR) is 86.2 cm³/mol. The number of nitrogens with zero attached hydrogens (tertiary/aromatic N) is 3. The molecular formula is C15H19N5O3. The Morgan fingerprint density at radius 2 is 1.83 bits per heavy atom. The van der Waals surface area contributed by atoms with Crippen LogP contribution in [0.25, 0.3) is 0 Å². The number of anilines is 2. The molecule has 1 aromatic carbocycles. The molecule has 122 valence electrons. The first-order valence-corrected chi connectivity index (χ1v) is 6.94. The topological polar surface area (TPSA) is 112 Å². The van der Waals surface area contributed by atoms with Gasteiger partial charge in [-0.1, -0.05) is 20.8 Å². The molecule has 3 N–H and O–H groups in total. The van der Waals surface area contributed by atoms with Gasteiger partial charge in [0.2, 0.25) is 5.95 Å². The number of nitrogen functional groups attached to an aromatic ring is 1. The highest BCUT2D eigenvalue weighted by atomic mass is 16.5. The van der Waals surface area contributed by atoms with E-state index in [0.717, 1.165) is 4.68 Å². The van der Waals surface area contributed by atoms with Gasteiger partial charge in [-0.15, -0.1) is 10.2 Å². The van der Waals surface area contributed by atoms with E-state index >= 15 is 0 Å². The van der Waals surface area contributed by atoms with Gasteiger partial charge in [-0.05, 0) is 24.3 Å². The van der Waals surface area contributed by atoms with Gasteiger partial charge in [-0.3, -0.25) is 4.79 Å². The molecule has 0 aliphatic rings. The Bertz CT molecular complexity index is 775. The second kappa shape index (κ2) is 6.07. The van der Waals surface area contributed by atoms with Crippen molar-refractivity contribution in [2.24, 2.45) is 0 Å². The maximum absolute atomic E-state index is 12.2. The first-order valence-electron chi connectivity index (χ1n) is 6.94. The van der Waals surface area contributed by atoms with Crippen molar-refractivity contribution in [1.82, 2.24) is 14.9 Å². The molecule has 0 saturated carbocycles. The zero-order valence-corrected chi connectivity index (χ0v) is 13.5. The number of methoxy groups -OCH3 is 1. The molecule has 23 heavy (non-hydrogen) atoms. The monoisotopic (exact) mass is 317 g/mol. The van der Waals surface area contributed by atoms with Crippen LogP contribution in [0, 0.1) is 0 Å². The number of hydrogen-bond acceptors (Lipinski definition) is 7. The fraction of sp³-hybridized carbons (Fsp3) is 0.333. The summed E-state index contributed by atoms with van der Waals surface area (Å²) in [6.45, 7) is 5.57. The Morgan fingerprint density at radius 1 is 1.22 bits per heavy atom. The average Bonchev–Trinajstić information content (AvgIpc) is 2.50. The Balaban J connectivity index is 2.29.